The van der Waals surface area contributed by atoms with Crippen LogP contribution in [0.4, 0.5) is 10.6 Å². The first-order chi connectivity index (χ1) is 7.20. The van der Waals surface area contributed by atoms with E-state index in [0.29, 0.717) is 12.4 Å². The van der Waals surface area contributed by atoms with Crippen LogP contribution in [0.15, 0.2) is 22.8 Å². The molecule has 0 saturated carbocycles. The molecule has 1 aliphatic rings. The predicted molar refractivity (Wildman–Crippen MR) is 56.6 cm³/mol. The predicted octanol–water partition coefficient (Wildman–Crippen LogP) is 1.16. The minimum absolute atomic E-state index is 0.170. The number of amides is 1. The summed E-state index contributed by atoms with van der Waals surface area (Å²) in [4.78, 5) is 16.8. The molecule has 1 atom stereocenters. The van der Waals surface area contributed by atoms with Crippen molar-refractivity contribution in [1.29, 1.82) is 0 Å². The molecule has 0 radical (unpaired) electrons. The SMILES string of the molecule is O=C1O[C@@H](CO)CN1c1cc(Br)ccn1. The zero-order valence-corrected chi connectivity index (χ0v) is 9.35. The summed E-state index contributed by atoms with van der Waals surface area (Å²) in [6.45, 7) is 0.162. The second kappa shape index (κ2) is 4.16. The quantitative estimate of drug-likeness (QED) is 0.878. The van der Waals surface area contributed by atoms with Crippen molar-refractivity contribution in [2.45, 2.75) is 6.10 Å². The van der Waals surface area contributed by atoms with Gasteiger partial charge in [-0.25, -0.2) is 9.78 Å². The van der Waals surface area contributed by atoms with Crippen molar-refractivity contribution in [3.8, 4) is 0 Å². The molecule has 2 heterocycles. The topological polar surface area (TPSA) is 62.7 Å². The molecule has 1 saturated heterocycles. The van der Waals surface area contributed by atoms with E-state index in [2.05, 4.69) is 20.9 Å². The molecule has 5 nitrogen and oxygen atoms in total. The summed E-state index contributed by atoms with van der Waals surface area (Å²) in [5.74, 6) is 0.519. The third kappa shape index (κ3) is 2.10. The van der Waals surface area contributed by atoms with Crippen LogP contribution in [0.3, 0.4) is 0 Å². The Kier molecular flexibility index (Phi) is 2.88. The third-order valence-electron chi connectivity index (χ3n) is 2.06. The second-order valence-corrected chi connectivity index (χ2v) is 4.05. The standard InChI is InChI=1S/C9H9BrN2O3/c10-6-1-2-11-8(3-6)12-4-7(5-13)15-9(12)14/h1-3,7,13H,4-5H2/t7-/m1/s1. The van der Waals surface area contributed by atoms with Gasteiger partial charge in [0.15, 0.2) is 0 Å². The Morgan fingerprint density at radius 3 is 3.13 bits per heavy atom. The van der Waals surface area contributed by atoms with Crippen molar-refractivity contribution in [1.82, 2.24) is 4.98 Å². The molecule has 0 aliphatic carbocycles. The van der Waals surface area contributed by atoms with Crippen molar-refractivity contribution in [2.75, 3.05) is 18.1 Å². The average Bonchev–Trinajstić information content (AvgIpc) is 2.60. The number of aliphatic hydroxyl groups is 1. The average molecular weight is 273 g/mol. The van der Waals surface area contributed by atoms with Crippen LogP contribution in [0.25, 0.3) is 0 Å². The number of cyclic esters (lactones) is 1. The van der Waals surface area contributed by atoms with E-state index < -0.39 is 12.2 Å². The van der Waals surface area contributed by atoms with E-state index in [-0.39, 0.29) is 6.61 Å². The molecular formula is C9H9BrN2O3. The molecule has 2 rings (SSSR count). The van der Waals surface area contributed by atoms with E-state index in [0.717, 1.165) is 4.47 Å². The molecule has 1 aromatic heterocycles. The summed E-state index contributed by atoms with van der Waals surface area (Å²) in [7, 11) is 0. The van der Waals surface area contributed by atoms with E-state index in [9.17, 15) is 4.79 Å². The molecule has 1 amide bonds. The highest BCUT2D eigenvalue weighted by atomic mass is 79.9. The van der Waals surface area contributed by atoms with Gasteiger partial charge in [0.25, 0.3) is 0 Å². The summed E-state index contributed by atoms with van der Waals surface area (Å²) < 4.78 is 5.74. The summed E-state index contributed by atoms with van der Waals surface area (Å²) in [5.41, 5.74) is 0. The van der Waals surface area contributed by atoms with Crippen molar-refractivity contribution in [2.24, 2.45) is 0 Å². The highest BCUT2D eigenvalue weighted by Crippen LogP contribution is 2.21. The Bertz CT molecular complexity index is 385. The fourth-order valence-corrected chi connectivity index (χ4v) is 1.67. The van der Waals surface area contributed by atoms with Gasteiger partial charge in [-0.2, -0.15) is 0 Å². The number of anilines is 1. The molecule has 1 aliphatic heterocycles. The van der Waals surface area contributed by atoms with Crippen LogP contribution in [0.1, 0.15) is 0 Å². The largest absolute Gasteiger partial charge is 0.441 e. The van der Waals surface area contributed by atoms with Gasteiger partial charge in [0, 0.05) is 10.7 Å². The molecule has 1 fully saturated rings. The number of hydrogen-bond acceptors (Lipinski definition) is 4. The first-order valence-electron chi connectivity index (χ1n) is 4.41. The fourth-order valence-electron chi connectivity index (χ4n) is 1.34. The Balaban J connectivity index is 2.21. The van der Waals surface area contributed by atoms with E-state index >= 15 is 0 Å². The molecule has 80 valence electrons. The minimum atomic E-state index is -0.473. The summed E-state index contributed by atoms with van der Waals surface area (Å²) in [6.07, 6.45) is 0.664. The monoisotopic (exact) mass is 272 g/mol. The number of aromatic nitrogens is 1. The molecule has 15 heavy (non-hydrogen) atoms. The normalized spacial score (nSPS) is 20.5. The molecule has 6 heteroatoms. The highest BCUT2D eigenvalue weighted by Gasteiger charge is 2.32. The van der Waals surface area contributed by atoms with Crippen molar-refractivity contribution < 1.29 is 14.6 Å². The maximum absolute atomic E-state index is 11.4. The van der Waals surface area contributed by atoms with Gasteiger partial charge in [0.05, 0.1) is 13.2 Å². The number of nitrogens with zero attached hydrogens (tertiary/aromatic N) is 2. The third-order valence-corrected chi connectivity index (χ3v) is 2.56. The smallest absolute Gasteiger partial charge is 0.416 e. The molecular weight excluding hydrogens is 264 g/mol. The van der Waals surface area contributed by atoms with Crippen molar-refractivity contribution in [3.05, 3.63) is 22.8 Å². The number of ether oxygens (including phenoxy) is 1. The lowest BCUT2D eigenvalue weighted by Gasteiger charge is -2.11. The van der Waals surface area contributed by atoms with Crippen LogP contribution in [-0.4, -0.2) is 35.4 Å². The number of hydrogen-bond donors (Lipinski definition) is 1. The highest BCUT2D eigenvalue weighted by molar-refractivity contribution is 9.10. The van der Waals surface area contributed by atoms with E-state index in [1.54, 1.807) is 18.3 Å². The van der Waals surface area contributed by atoms with E-state index in [1.165, 1.54) is 4.90 Å². The lowest BCUT2D eigenvalue weighted by atomic mass is 10.3. The van der Waals surface area contributed by atoms with Gasteiger partial charge in [-0.05, 0) is 12.1 Å². The van der Waals surface area contributed by atoms with Crippen LogP contribution in [0.5, 0.6) is 0 Å². The van der Waals surface area contributed by atoms with Crippen LogP contribution in [-0.2, 0) is 4.74 Å². The van der Waals surface area contributed by atoms with E-state index in [1.807, 2.05) is 0 Å². The van der Waals surface area contributed by atoms with Gasteiger partial charge >= 0.3 is 6.09 Å². The van der Waals surface area contributed by atoms with Gasteiger partial charge in [0.1, 0.15) is 11.9 Å². The number of rotatable bonds is 2. The summed E-state index contributed by atoms with van der Waals surface area (Å²) in [6, 6.07) is 3.50. The lowest BCUT2D eigenvalue weighted by Crippen LogP contribution is -2.26. The number of carbonyl (C=O) groups is 1. The van der Waals surface area contributed by atoms with Crippen LogP contribution in [0, 0.1) is 0 Å². The van der Waals surface area contributed by atoms with Crippen LogP contribution in [0.2, 0.25) is 0 Å². The summed E-state index contributed by atoms with van der Waals surface area (Å²) in [5, 5.41) is 8.87. The Morgan fingerprint density at radius 2 is 2.53 bits per heavy atom. The van der Waals surface area contributed by atoms with Gasteiger partial charge in [0.2, 0.25) is 0 Å². The maximum atomic E-state index is 11.4. The molecule has 1 N–H and O–H groups in total. The number of carbonyl (C=O) groups excluding carboxylic acids is 1. The lowest BCUT2D eigenvalue weighted by molar-refractivity contribution is 0.0963. The molecule has 0 unspecified atom stereocenters. The number of halogens is 1. The molecule has 0 bridgehead atoms. The van der Waals surface area contributed by atoms with Crippen LogP contribution < -0.4 is 4.90 Å². The van der Waals surface area contributed by atoms with E-state index in [4.69, 9.17) is 9.84 Å². The minimum Gasteiger partial charge on any atom is -0.441 e. The maximum Gasteiger partial charge on any atom is 0.416 e. The zero-order valence-electron chi connectivity index (χ0n) is 7.76. The first-order valence-corrected chi connectivity index (χ1v) is 5.20. The Morgan fingerprint density at radius 1 is 1.73 bits per heavy atom. The van der Waals surface area contributed by atoms with Crippen molar-refractivity contribution in [3.63, 3.8) is 0 Å². The summed E-state index contributed by atoms with van der Waals surface area (Å²) >= 11 is 3.29. The van der Waals surface area contributed by atoms with Gasteiger partial charge in [-0.1, -0.05) is 15.9 Å². The van der Waals surface area contributed by atoms with Gasteiger partial charge < -0.3 is 9.84 Å². The molecule has 0 aromatic carbocycles. The van der Waals surface area contributed by atoms with Gasteiger partial charge in [-0.15, -0.1) is 0 Å². The van der Waals surface area contributed by atoms with Crippen molar-refractivity contribution >= 4 is 27.8 Å². The van der Waals surface area contributed by atoms with Crippen LogP contribution >= 0.6 is 15.9 Å². The molecule has 0 spiro atoms. The number of pyridine rings is 1. The Labute approximate surface area is 94.8 Å². The zero-order chi connectivity index (χ0) is 10.8. The number of aliphatic hydroxyl groups excluding tert-OH is 1. The van der Waals surface area contributed by atoms with Gasteiger partial charge in [-0.3, -0.25) is 4.90 Å². The second-order valence-electron chi connectivity index (χ2n) is 3.13. The fraction of sp³-hybridized carbons (Fsp3) is 0.333. The first kappa shape index (κ1) is 10.4. The Hall–Kier alpha value is -1.14. The molecule has 1 aromatic rings.